The van der Waals surface area contributed by atoms with Gasteiger partial charge in [-0.25, -0.2) is 4.79 Å². The number of unbranched alkanes of at least 4 members (excludes halogenated alkanes) is 34. The van der Waals surface area contributed by atoms with E-state index in [0.29, 0.717) is 17.4 Å². The van der Waals surface area contributed by atoms with Crippen LogP contribution in [0.4, 0.5) is 0 Å². The van der Waals surface area contributed by atoms with Gasteiger partial charge in [0.25, 0.3) is 6.29 Å². The van der Waals surface area contributed by atoms with Crippen molar-refractivity contribution < 1.29 is 42.9 Å². The van der Waals surface area contributed by atoms with E-state index in [1.165, 1.54) is 193 Å². The highest BCUT2D eigenvalue weighted by molar-refractivity contribution is 5.71. The molecule has 91 heavy (non-hydrogen) atoms. The van der Waals surface area contributed by atoms with Gasteiger partial charge in [-0.05, 0) is 103 Å². The van der Waals surface area contributed by atoms with Gasteiger partial charge in [0, 0.05) is 12.8 Å². The standard InChI is InChI=1S/C82H141NO8/c1-6-8-10-12-14-16-18-20-22-24-26-28-30-32-34-36-37-38-39-40-41-42-43-45-47-49-51-53-55-57-59-61-63-65-67-69-71-73-80(85)91-78(77-90-82(81(86)87)88-75-74-83(3,4)5)76-89-79(84)72-70-68-66-64-62-60-58-56-54-52-50-48-46-44-35-33-31-29-27-25-23-21-19-17-15-13-11-9-7-2/h8-11,14-17,20-23,26-29,32-35,78,82H,6-7,12-13,18-19,24-25,30-31,36-77H2,1-5H3/p+1/b10-8-,11-9-,16-14-,17-15-,22-20-,23-21-,28-26-,29-27-,34-32-,35-33-. The molecule has 522 valence electrons. The lowest BCUT2D eigenvalue weighted by Crippen LogP contribution is -2.40. The van der Waals surface area contributed by atoms with E-state index in [2.05, 4.69) is 135 Å². The van der Waals surface area contributed by atoms with Gasteiger partial charge >= 0.3 is 17.9 Å². The van der Waals surface area contributed by atoms with Crippen molar-refractivity contribution in [1.82, 2.24) is 0 Å². The highest BCUT2D eigenvalue weighted by Crippen LogP contribution is 2.18. The molecule has 9 nitrogen and oxygen atoms in total. The number of aliphatic carboxylic acids is 1. The molecule has 9 heteroatoms. The molecule has 0 heterocycles. The van der Waals surface area contributed by atoms with Crippen molar-refractivity contribution in [3.63, 3.8) is 0 Å². The highest BCUT2D eigenvalue weighted by atomic mass is 16.7. The second-order valence-electron chi connectivity index (χ2n) is 26.2. The maximum absolute atomic E-state index is 13.0. The van der Waals surface area contributed by atoms with Gasteiger partial charge in [0.1, 0.15) is 13.2 Å². The Morgan fingerprint density at radius 1 is 0.330 bits per heavy atom. The van der Waals surface area contributed by atoms with Crippen LogP contribution in [0.1, 0.15) is 322 Å². The first-order valence-electron chi connectivity index (χ1n) is 37.7. The van der Waals surface area contributed by atoms with Gasteiger partial charge in [0.2, 0.25) is 0 Å². The number of ether oxygens (including phenoxy) is 4. The number of carbonyl (C=O) groups excluding carboxylic acids is 2. The normalized spacial score (nSPS) is 13.4. The molecule has 0 aromatic heterocycles. The zero-order valence-electron chi connectivity index (χ0n) is 59.7. The second-order valence-corrected chi connectivity index (χ2v) is 26.2. The van der Waals surface area contributed by atoms with Crippen LogP contribution in [0.25, 0.3) is 0 Å². The molecule has 0 amide bonds. The quantitative estimate of drug-likeness (QED) is 0.0211. The van der Waals surface area contributed by atoms with E-state index >= 15 is 0 Å². The summed E-state index contributed by atoms with van der Waals surface area (Å²) in [5, 5.41) is 9.76. The number of nitrogens with zero attached hydrogens (tertiary/aromatic N) is 1. The Morgan fingerprint density at radius 2 is 0.593 bits per heavy atom. The molecule has 0 spiro atoms. The number of quaternary nitrogens is 1. The lowest BCUT2D eigenvalue weighted by molar-refractivity contribution is -0.870. The number of likely N-dealkylation sites (N-methyl/N-ethyl adjacent to an activating group) is 1. The van der Waals surface area contributed by atoms with Crippen molar-refractivity contribution in [2.24, 2.45) is 0 Å². The molecule has 0 radical (unpaired) electrons. The van der Waals surface area contributed by atoms with Crippen LogP contribution < -0.4 is 0 Å². The summed E-state index contributed by atoms with van der Waals surface area (Å²) in [6.45, 7) is 4.68. The van der Waals surface area contributed by atoms with Crippen LogP contribution in [0.5, 0.6) is 0 Å². The lowest BCUT2D eigenvalue weighted by atomic mass is 10.0. The largest absolute Gasteiger partial charge is 0.477 e. The molecule has 0 saturated carbocycles. The van der Waals surface area contributed by atoms with E-state index in [-0.39, 0.29) is 32.2 Å². The average molecular weight is 1270 g/mol. The molecular weight excluding hydrogens is 1130 g/mol. The number of hydrogen-bond acceptors (Lipinski definition) is 7. The van der Waals surface area contributed by atoms with E-state index in [4.69, 9.17) is 18.9 Å². The van der Waals surface area contributed by atoms with Gasteiger partial charge in [-0.3, -0.25) is 9.59 Å². The van der Waals surface area contributed by atoms with E-state index in [9.17, 15) is 19.5 Å². The van der Waals surface area contributed by atoms with Gasteiger partial charge in [0.05, 0.1) is 34.4 Å². The molecule has 0 aliphatic carbocycles. The fraction of sp³-hybridized carbons (Fsp3) is 0.720. The summed E-state index contributed by atoms with van der Waals surface area (Å²) in [5.41, 5.74) is 0. The monoisotopic (exact) mass is 1270 g/mol. The van der Waals surface area contributed by atoms with Crippen LogP contribution in [-0.2, 0) is 33.3 Å². The Balaban J connectivity index is 4.05. The Kier molecular flexibility index (Phi) is 68.1. The first kappa shape index (κ1) is 86.7. The third kappa shape index (κ3) is 73.0. The van der Waals surface area contributed by atoms with Crippen LogP contribution in [-0.4, -0.2) is 87.4 Å². The number of carboxylic acids is 1. The zero-order valence-corrected chi connectivity index (χ0v) is 59.7. The van der Waals surface area contributed by atoms with Crippen molar-refractivity contribution in [2.45, 2.75) is 334 Å². The smallest absolute Gasteiger partial charge is 0.361 e. The molecule has 0 aliphatic rings. The predicted molar refractivity (Wildman–Crippen MR) is 391 cm³/mol. The van der Waals surface area contributed by atoms with Gasteiger partial charge in [0.15, 0.2) is 6.10 Å². The third-order valence-electron chi connectivity index (χ3n) is 16.2. The highest BCUT2D eigenvalue weighted by Gasteiger charge is 2.25. The number of carboxylic acid groups (broad SMARTS) is 1. The van der Waals surface area contributed by atoms with E-state index in [0.717, 1.165) is 103 Å². The van der Waals surface area contributed by atoms with Gasteiger partial charge in [-0.15, -0.1) is 0 Å². The Hall–Kier alpha value is -4.31. The van der Waals surface area contributed by atoms with Crippen molar-refractivity contribution in [2.75, 3.05) is 47.5 Å². The van der Waals surface area contributed by atoms with E-state index < -0.39 is 24.3 Å². The molecule has 0 aliphatic heterocycles. The maximum atomic E-state index is 13.0. The summed E-state index contributed by atoms with van der Waals surface area (Å²) in [6.07, 6.45) is 99.0. The fourth-order valence-electron chi connectivity index (χ4n) is 10.5. The Morgan fingerprint density at radius 3 is 0.879 bits per heavy atom. The molecule has 0 saturated heterocycles. The summed E-state index contributed by atoms with van der Waals surface area (Å²) < 4.78 is 23.0. The lowest BCUT2D eigenvalue weighted by Gasteiger charge is -2.25. The zero-order chi connectivity index (χ0) is 66.1. The van der Waals surface area contributed by atoms with Crippen LogP contribution in [0.15, 0.2) is 122 Å². The average Bonchev–Trinajstić information content (AvgIpc) is 3.50. The summed E-state index contributed by atoms with van der Waals surface area (Å²) >= 11 is 0. The molecule has 0 aromatic carbocycles. The van der Waals surface area contributed by atoms with Crippen LogP contribution in [0.3, 0.4) is 0 Å². The molecule has 1 N–H and O–H groups in total. The van der Waals surface area contributed by atoms with E-state index in [1.807, 2.05) is 21.1 Å². The minimum Gasteiger partial charge on any atom is -0.477 e. The SMILES string of the molecule is CC/C=C\C/C=C\C/C=C\C/C=C\C/C=C\CCCCCCCCCCCCCCCCCCCCCCCC(=O)OC(COC(=O)CCCCCCCCCCCCCCC/C=C\C/C=C\C/C=C\C/C=C\C/C=C\CC)COC(OCC[N+](C)(C)C)C(=O)O. The van der Waals surface area contributed by atoms with Crippen LogP contribution >= 0.6 is 0 Å². The van der Waals surface area contributed by atoms with Crippen molar-refractivity contribution in [1.29, 1.82) is 0 Å². The van der Waals surface area contributed by atoms with Crippen molar-refractivity contribution in [3.8, 4) is 0 Å². The first-order valence-corrected chi connectivity index (χ1v) is 37.7. The predicted octanol–water partition coefficient (Wildman–Crippen LogP) is 23.9. The number of hydrogen-bond donors (Lipinski definition) is 1. The van der Waals surface area contributed by atoms with Crippen molar-refractivity contribution >= 4 is 17.9 Å². The number of rotatable bonds is 69. The molecule has 2 atom stereocenters. The topological polar surface area (TPSA) is 108 Å². The molecule has 0 aromatic rings. The van der Waals surface area contributed by atoms with Gasteiger partial charge < -0.3 is 28.5 Å². The number of carbonyl (C=O) groups is 3. The maximum Gasteiger partial charge on any atom is 0.361 e. The number of allylic oxidation sites excluding steroid dienone is 20. The third-order valence-corrected chi connectivity index (χ3v) is 16.2. The summed E-state index contributed by atoms with van der Waals surface area (Å²) in [5.74, 6) is -2.00. The minimum absolute atomic E-state index is 0.184. The molecule has 0 rings (SSSR count). The fourth-order valence-corrected chi connectivity index (χ4v) is 10.5. The molecular formula is C82H142NO8+. The Labute approximate surface area is 561 Å². The summed E-state index contributed by atoms with van der Waals surface area (Å²) in [6, 6.07) is 0. The van der Waals surface area contributed by atoms with Crippen molar-refractivity contribution in [3.05, 3.63) is 122 Å². The van der Waals surface area contributed by atoms with Gasteiger partial charge in [-0.1, -0.05) is 328 Å². The molecule has 2 unspecified atom stereocenters. The minimum atomic E-state index is -1.52. The second kappa shape index (κ2) is 71.5. The summed E-state index contributed by atoms with van der Waals surface area (Å²) in [7, 11) is 5.98. The first-order chi connectivity index (χ1) is 44.6. The van der Waals surface area contributed by atoms with E-state index in [1.54, 1.807) is 0 Å². The molecule has 0 fully saturated rings. The number of esters is 2. The molecule has 0 bridgehead atoms. The Bertz CT molecular complexity index is 1910. The summed E-state index contributed by atoms with van der Waals surface area (Å²) in [4.78, 5) is 37.7. The van der Waals surface area contributed by atoms with Crippen LogP contribution in [0.2, 0.25) is 0 Å². The van der Waals surface area contributed by atoms with Crippen LogP contribution in [0, 0.1) is 0 Å². The van der Waals surface area contributed by atoms with Gasteiger partial charge in [-0.2, -0.15) is 0 Å².